The molecule has 0 amide bonds. The highest BCUT2D eigenvalue weighted by molar-refractivity contribution is 8.03. The summed E-state index contributed by atoms with van der Waals surface area (Å²) in [6.07, 6.45) is -4.42. The zero-order valence-corrected chi connectivity index (χ0v) is 23.4. The lowest BCUT2D eigenvalue weighted by Gasteiger charge is -2.43. The first-order chi connectivity index (χ1) is 18.3. The number of alkyl halides is 3. The summed E-state index contributed by atoms with van der Waals surface area (Å²) in [5.41, 5.74) is -0.593. The second kappa shape index (κ2) is 11.6. The van der Waals surface area contributed by atoms with Crippen molar-refractivity contribution in [1.82, 2.24) is 13.8 Å². The van der Waals surface area contributed by atoms with E-state index in [9.17, 15) is 26.4 Å². The van der Waals surface area contributed by atoms with Gasteiger partial charge in [0.2, 0.25) is 11.4 Å². The van der Waals surface area contributed by atoms with Gasteiger partial charge in [-0.3, -0.25) is 4.90 Å². The van der Waals surface area contributed by atoms with E-state index in [2.05, 4.69) is 35.7 Å². The topological polar surface area (TPSA) is 79.4 Å². The second-order valence-corrected chi connectivity index (χ2v) is 12.5. The van der Waals surface area contributed by atoms with E-state index >= 15 is 0 Å². The molecule has 1 fully saturated rings. The SMILES string of the molecule is CC(C)(c1ccccc1)N1CCC(OC2=CSC(N(OC(=O)C(F)(F)F)S(=O)(=O)c3ccccc3)N2Cl)CC1. The number of ether oxygens (including phenoxy) is 1. The quantitative estimate of drug-likeness (QED) is 0.292. The largest absolute Gasteiger partial charge is 0.492 e. The van der Waals surface area contributed by atoms with Crippen LogP contribution in [0.5, 0.6) is 0 Å². The molecule has 0 aromatic heterocycles. The fraction of sp³-hybridized carbons (Fsp3) is 0.400. The maximum absolute atomic E-state index is 13.2. The molecule has 1 unspecified atom stereocenters. The molecule has 2 aliphatic heterocycles. The van der Waals surface area contributed by atoms with Crippen molar-refractivity contribution >= 4 is 39.5 Å². The number of likely N-dealkylation sites (tertiary alicyclic amines) is 1. The fourth-order valence-corrected chi connectivity index (χ4v) is 7.19. The first kappa shape index (κ1) is 29.5. The lowest BCUT2D eigenvalue weighted by molar-refractivity contribution is -0.226. The van der Waals surface area contributed by atoms with E-state index < -0.39 is 27.7 Å². The van der Waals surface area contributed by atoms with Crippen LogP contribution in [0.4, 0.5) is 13.2 Å². The predicted molar refractivity (Wildman–Crippen MR) is 140 cm³/mol. The van der Waals surface area contributed by atoms with Crippen LogP contribution in [0.2, 0.25) is 0 Å². The highest BCUT2D eigenvalue weighted by atomic mass is 35.5. The van der Waals surface area contributed by atoms with Gasteiger partial charge in [-0.25, -0.2) is 17.6 Å². The summed E-state index contributed by atoms with van der Waals surface area (Å²) in [6, 6.07) is 16.7. The van der Waals surface area contributed by atoms with Crippen LogP contribution in [0, 0.1) is 0 Å². The molecule has 8 nitrogen and oxygen atoms in total. The van der Waals surface area contributed by atoms with Gasteiger partial charge in [-0.05, 0) is 44.4 Å². The van der Waals surface area contributed by atoms with E-state index in [1.807, 2.05) is 18.2 Å². The Hall–Kier alpha value is -2.45. The number of thioether (sulfide) groups is 1. The van der Waals surface area contributed by atoms with Crippen LogP contribution in [0.1, 0.15) is 32.3 Å². The van der Waals surface area contributed by atoms with Gasteiger partial charge in [-0.15, -0.1) is 0 Å². The second-order valence-electron chi connectivity index (χ2n) is 9.41. The average Bonchev–Trinajstić information content (AvgIpc) is 3.27. The molecule has 2 aromatic rings. The minimum atomic E-state index is -5.43. The number of hydrogen-bond acceptors (Lipinski definition) is 8. The summed E-state index contributed by atoms with van der Waals surface area (Å²) in [7, 11) is -4.73. The number of rotatable bonds is 8. The molecule has 0 saturated carbocycles. The summed E-state index contributed by atoms with van der Waals surface area (Å²) >= 11 is 7.09. The Kier molecular flexibility index (Phi) is 8.76. The molecule has 1 atom stereocenters. The summed E-state index contributed by atoms with van der Waals surface area (Å²) in [4.78, 5) is 18.0. The Bertz CT molecular complexity index is 1290. The minimum Gasteiger partial charge on any atom is -0.474 e. The molecule has 0 N–H and O–H groups in total. The maximum Gasteiger partial charge on any atom is 0.492 e. The summed E-state index contributed by atoms with van der Waals surface area (Å²) in [5, 5.41) is 1.38. The lowest BCUT2D eigenvalue weighted by atomic mass is 9.90. The molecule has 0 bridgehead atoms. The van der Waals surface area contributed by atoms with Crippen LogP contribution in [0.15, 0.2) is 76.9 Å². The van der Waals surface area contributed by atoms with Crippen molar-refractivity contribution in [3.8, 4) is 0 Å². The molecule has 0 aliphatic carbocycles. The van der Waals surface area contributed by atoms with Crippen molar-refractivity contribution in [3.05, 3.63) is 77.5 Å². The van der Waals surface area contributed by atoms with E-state index in [0.717, 1.165) is 41.4 Å². The lowest BCUT2D eigenvalue weighted by Crippen LogP contribution is -2.48. The Morgan fingerprint density at radius 3 is 2.15 bits per heavy atom. The molecule has 0 spiro atoms. The van der Waals surface area contributed by atoms with Crippen LogP contribution in [-0.2, 0) is 29.9 Å². The highest BCUT2D eigenvalue weighted by Gasteiger charge is 2.49. The van der Waals surface area contributed by atoms with E-state index in [0.29, 0.717) is 12.8 Å². The van der Waals surface area contributed by atoms with Gasteiger partial charge in [0.05, 0.1) is 4.90 Å². The van der Waals surface area contributed by atoms with Gasteiger partial charge in [-0.1, -0.05) is 60.3 Å². The predicted octanol–water partition coefficient (Wildman–Crippen LogP) is 5.40. The van der Waals surface area contributed by atoms with Crippen molar-refractivity contribution in [2.45, 2.75) is 54.9 Å². The molecule has 14 heteroatoms. The molecule has 4 rings (SSSR count). The smallest absolute Gasteiger partial charge is 0.474 e. The van der Waals surface area contributed by atoms with Crippen molar-refractivity contribution < 1.29 is 36.0 Å². The number of benzene rings is 2. The van der Waals surface area contributed by atoms with Crippen molar-refractivity contribution in [1.29, 1.82) is 0 Å². The van der Waals surface area contributed by atoms with Crippen molar-refractivity contribution in [2.24, 2.45) is 0 Å². The molecule has 2 heterocycles. The third-order valence-electron chi connectivity index (χ3n) is 6.56. The molecular weight excluding hydrogens is 579 g/mol. The van der Waals surface area contributed by atoms with Gasteiger partial charge in [0.15, 0.2) is 0 Å². The monoisotopic (exact) mass is 605 g/mol. The molecule has 1 saturated heterocycles. The van der Waals surface area contributed by atoms with Crippen molar-refractivity contribution in [2.75, 3.05) is 13.1 Å². The molecule has 212 valence electrons. The summed E-state index contributed by atoms with van der Waals surface area (Å²) < 4.78 is 72.2. The van der Waals surface area contributed by atoms with Crippen molar-refractivity contribution in [3.63, 3.8) is 0 Å². The maximum atomic E-state index is 13.2. The first-order valence-electron chi connectivity index (χ1n) is 12.0. The van der Waals surface area contributed by atoms with Gasteiger partial charge in [0.1, 0.15) is 6.10 Å². The molecule has 0 radical (unpaired) electrons. The van der Waals surface area contributed by atoms with Crippen LogP contribution >= 0.6 is 23.5 Å². The normalized spacial score (nSPS) is 19.7. The number of piperidine rings is 1. The zero-order chi connectivity index (χ0) is 28.4. The zero-order valence-electron chi connectivity index (χ0n) is 21.0. The third kappa shape index (κ3) is 6.49. The Balaban J connectivity index is 1.44. The Morgan fingerprint density at radius 1 is 1.03 bits per heavy atom. The number of sulfonamides is 1. The summed E-state index contributed by atoms with van der Waals surface area (Å²) in [6.45, 7) is 5.73. The standard InChI is InChI=1S/C25H27ClF3N3O5S2/c1-24(2,18-9-5-3-6-10-18)30-15-13-19(14-16-30)36-21-17-38-23(31(21)26)32(37-22(33)25(27,28)29)39(34,35)20-11-7-4-8-12-20/h3-12,17,19,23H,13-16H2,1-2H3. The van der Waals surface area contributed by atoms with E-state index in [1.54, 1.807) is 0 Å². The van der Waals surface area contributed by atoms with Gasteiger partial charge in [0, 0.05) is 40.3 Å². The van der Waals surface area contributed by atoms with Gasteiger partial charge >= 0.3 is 12.1 Å². The van der Waals surface area contributed by atoms with Crippen LogP contribution in [0.25, 0.3) is 0 Å². The highest BCUT2D eigenvalue weighted by Crippen LogP contribution is 2.40. The Morgan fingerprint density at radius 2 is 1.59 bits per heavy atom. The number of nitrogens with zero attached hydrogens (tertiary/aromatic N) is 3. The van der Waals surface area contributed by atoms with E-state index in [-0.39, 0.29) is 26.9 Å². The minimum absolute atomic E-state index is 0.0451. The fourth-order valence-electron chi connectivity index (χ4n) is 4.32. The average molecular weight is 606 g/mol. The van der Waals surface area contributed by atoms with Gasteiger partial charge < -0.3 is 9.57 Å². The first-order valence-corrected chi connectivity index (χ1v) is 14.7. The molecule has 2 aliphatic rings. The number of hydrogen-bond donors (Lipinski definition) is 0. The van der Waals surface area contributed by atoms with Crippen LogP contribution in [0.3, 0.4) is 0 Å². The summed E-state index contributed by atoms with van der Waals surface area (Å²) in [5.74, 6) is -2.65. The number of carbonyl (C=O) groups is 1. The molecule has 2 aromatic carbocycles. The number of halogens is 4. The van der Waals surface area contributed by atoms with Gasteiger partial charge in [0.25, 0.3) is 10.0 Å². The molecular formula is C25H27ClF3N3O5S2. The van der Waals surface area contributed by atoms with E-state index in [1.165, 1.54) is 29.2 Å². The van der Waals surface area contributed by atoms with Crippen LogP contribution < -0.4 is 0 Å². The third-order valence-corrected chi connectivity index (χ3v) is 9.76. The number of carbonyl (C=O) groups excluding carboxylic acids is 1. The van der Waals surface area contributed by atoms with Crippen LogP contribution in [-0.4, -0.2) is 59.0 Å². The Labute approximate surface area is 234 Å². The number of hydroxylamine groups is 1. The van der Waals surface area contributed by atoms with Gasteiger partial charge in [-0.2, -0.15) is 13.2 Å². The molecule has 39 heavy (non-hydrogen) atoms. The van der Waals surface area contributed by atoms with E-state index in [4.69, 9.17) is 16.5 Å².